The Morgan fingerprint density at radius 3 is 2.13 bits per heavy atom. The summed E-state index contributed by atoms with van der Waals surface area (Å²) in [6, 6.07) is 15.0. The molecule has 45 heavy (non-hydrogen) atoms. The molecule has 0 bridgehead atoms. The summed E-state index contributed by atoms with van der Waals surface area (Å²) in [6.07, 6.45) is 6.61. The van der Waals surface area contributed by atoms with Crippen molar-refractivity contribution in [3.05, 3.63) is 84.5 Å². The molecule has 2 aliphatic rings. The molecule has 0 saturated heterocycles. The SMILES string of the molecule is CCCC(C)C[C@H](O)/C=C/[C@H]1[C@H]2CC(CC(CCC(=O)OC)(S(=O)(=O)c3ccccc3)S(=O)(=O)c3ccccc3)=C[C@H]2C[C@H]1O. The first kappa shape index (κ1) is 35.1. The molecule has 0 amide bonds. The van der Waals surface area contributed by atoms with Crippen LogP contribution in [-0.2, 0) is 29.2 Å². The Kier molecular flexibility index (Phi) is 11.5. The monoisotopic (exact) mass is 658 g/mol. The van der Waals surface area contributed by atoms with Crippen molar-refractivity contribution in [2.45, 2.75) is 91.3 Å². The summed E-state index contributed by atoms with van der Waals surface area (Å²) in [6.45, 7) is 4.21. The van der Waals surface area contributed by atoms with Crippen LogP contribution < -0.4 is 0 Å². The molecule has 0 radical (unpaired) electrons. The van der Waals surface area contributed by atoms with Crippen molar-refractivity contribution in [2.24, 2.45) is 23.7 Å². The van der Waals surface area contributed by atoms with Crippen molar-refractivity contribution < 1.29 is 36.6 Å². The van der Waals surface area contributed by atoms with Crippen LogP contribution in [0.2, 0.25) is 0 Å². The van der Waals surface area contributed by atoms with Crippen LogP contribution in [0.4, 0.5) is 0 Å². The number of hydrogen-bond acceptors (Lipinski definition) is 8. The molecular formula is C35H46O8S2. The molecule has 4 rings (SSSR count). The van der Waals surface area contributed by atoms with Crippen molar-refractivity contribution in [3.8, 4) is 0 Å². The normalized spacial score (nSPS) is 23.4. The van der Waals surface area contributed by atoms with E-state index in [1.54, 1.807) is 42.5 Å². The third-order valence-corrected chi connectivity index (χ3v) is 15.2. The summed E-state index contributed by atoms with van der Waals surface area (Å²) in [5.74, 6) is -0.738. The second kappa shape index (κ2) is 14.8. The second-order valence-corrected chi connectivity index (χ2v) is 17.4. The van der Waals surface area contributed by atoms with Gasteiger partial charge in [-0.25, -0.2) is 16.8 Å². The van der Waals surface area contributed by atoms with Crippen LogP contribution in [0.15, 0.2) is 94.3 Å². The fraction of sp³-hybridized carbons (Fsp3) is 0.514. The van der Waals surface area contributed by atoms with Crippen LogP contribution >= 0.6 is 0 Å². The average Bonchev–Trinajstić information content (AvgIpc) is 3.54. The van der Waals surface area contributed by atoms with Crippen LogP contribution in [0.3, 0.4) is 0 Å². The Balaban J connectivity index is 1.73. The van der Waals surface area contributed by atoms with Gasteiger partial charge >= 0.3 is 5.97 Å². The number of methoxy groups -OCH3 is 1. The van der Waals surface area contributed by atoms with Crippen molar-refractivity contribution in [1.82, 2.24) is 0 Å². The Bertz CT molecular complexity index is 1500. The zero-order chi connectivity index (χ0) is 32.8. The molecule has 0 heterocycles. The Morgan fingerprint density at radius 2 is 1.60 bits per heavy atom. The minimum atomic E-state index is -4.58. The highest BCUT2D eigenvalue weighted by Gasteiger charge is 2.57. The zero-order valence-electron chi connectivity index (χ0n) is 26.3. The van der Waals surface area contributed by atoms with E-state index in [4.69, 9.17) is 4.74 Å². The fourth-order valence-electron chi connectivity index (χ4n) is 7.16. The number of aliphatic hydroxyl groups is 2. The van der Waals surface area contributed by atoms with Gasteiger partial charge in [-0.15, -0.1) is 0 Å². The van der Waals surface area contributed by atoms with Gasteiger partial charge in [0.1, 0.15) is 0 Å². The van der Waals surface area contributed by atoms with E-state index >= 15 is 0 Å². The molecule has 2 aromatic rings. The standard InChI is InChI=1S/C35H46O8S2/c1-4-11-25(2)20-28(36)16-17-31-32-22-26(21-27(32)23-33(31)37)24-35(19-18-34(38)43-3,44(39,40)29-12-7-5-8-13-29)45(41,42)30-14-9-6-10-15-30/h5-10,12-17,21,25,27-28,31-33,36-37H,4,11,18-20,22-24H2,1-3H3/b17-16+/t25?,27-,28+,31-,32-,33+/m0/s1. The summed E-state index contributed by atoms with van der Waals surface area (Å²) in [4.78, 5) is 12.1. The Morgan fingerprint density at radius 1 is 1.02 bits per heavy atom. The van der Waals surface area contributed by atoms with E-state index in [1.165, 1.54) is 31.4 Å². The zero-order valence-corrected chi connectivity index (χ0v) is 27.9. The number of rotatable bonds is 15. The third kappa shape index (κ3) is 7.45. The maximum atomic E-state index is 14.6. The van der Waals surface area contributed by atoms with Crippen molar-refractivity contribution in [1.29, 1.82) is 0 Å². The van der Waals surface area contributed by atoms with E-state index in [-0.39, 0.29) is 34.0 Å². The molecule has 2 aliphatic carbocycles. The summed E-state index contributed by atoms with van der Waals surface area (Å²) in [7, 11) is -7.97. The minimum absolute atomic E-state index is 0.0660. The van der Waals surface area contributed by atoms with Gasteiger partial charge in [0, 0.05) is 18.8 Å². The van der Waals surface area contributed by atoms with Gasteiger partial charge in [0.15, 0.2) is 23.8 Å². The van der Waals surface area contributed by atoms with E-state index in [2.05, 4.69) is 13.8 Å². The second-order valence-electron chi connectivity index (χ2n) is 12.6. The predicted molar refractivity (Wildman–Crippen MR) is 173 cm³/mol. The summed E-state index contributed by atoms with van der Waals surface area (Å²) in [5.41, 5.74) is 0.663. The van der Waals surface area contributed by atoms with Crippen molar-refractivity contribution in [2.75, 3.05) is 7.11 Å². The number of allylic oxidation sites excluding steroid dienone is 2. The van der Waals surface area contributed by atoms with Gasteiger partial charge in [-0.1, -0.05) is 86.9 Å². The minimum Gasteiger partial charge on any atom is -0.469 e. The van der Waals surface area contributed by atoms with Gasteiger partial charge in [-0.05, 0) is 67.7 Å². The molecule has 1 saturated carbocycles. The quantitative estimate of drug-likeness (QED) is 0.185. The molecule has 1 fully saturated rings. The Hall–Kier alpha value is -2.79. The molecule has 10 heteroatoms. The lowest BCUT2D eigenvalue weighted by atomic mass is 9.88. The summed E-state index contributed by atoms with van der Waals surface area (Å²) in [5, 5.41) is 21.5. The average molecular weight is 659 g/mol. The summed E-state index contributed by atoms with van der Waals surface area (Å²) >= 11 is 0. The van der Waals surface area contributed by atoms with Crippen LogP contribution in [-0.4, -0.2) is 56.4 Å². The maximum absolute atomic E-state index is 14.6. The van der Waals surface area contributed by atoms with Crippen LogP contribution in [0.25, 0.3) is 0 Å². The maximum Gasteiger partial charge on any atom is 0.305 e. The van der Waals surface area contributed by atoms with Crippen molar-refractivity contribution in [3.63, 3.8) is 0 Å². The van der Waals surface area contributed by atoms with E-state index in [0.717, 1.165) is 12.8 Å². The topological polar surface area (TPSA) is 135 Å². The van der Waals surface area contributed by atoms with Crippen molar-refractivity contribution >= 4 is 25.6 Å². The van der Waals surface area contributed by atoms with E-state index in [9.17, 15) is 31.8 Å². The van der Waals surface area contributed by atoms with Crippen LogP contribution in [0, 0.1) is 23.7 Å². The number of carbonyl (C=O) groups excluding carboxylic acids is 1. The number of fused-ring (bicyclic) bond motifs is 1. The Labute approximate surface area is 268 Å². The highest BCUT2D eigenvalue weighted by molar-refractivity contribution is 8.10. The lowest BCUT2D eigenvalue weighted by molar-refractivity contribution is -0.140. The van der Waals surface area contributed by atoms with Gasteiger partial charge < -0.3 is 14.9 Å². The molecule has 1 unspecified atom stereocenters. The van der Waals surface area contributed by atoms with Gasteiger partial charge in [-0.2, -0.15) is 0 Å². The first-order valence-electron chi connectivity index (χ1n) is 15.8. The van der Waals surface area contributed by atoms with E-state index in [0.29, 0.717) is 30.8 Å². The molecule has 6 atom stereocenters. The van der Waals surface area contributed by atoms with Gasteiger partial charge in [0.05, 0.1) is 29.1 Å². The van der Waals surface area contributed by atoms with Crippen LogP contribution in [0.1, 0.15) is 65.2 Å². The fourth-order valence-corrected chi connectivity index (χ4v) is 12.3. The third-order valence-electron chi connectivity index (χ3n) is 9.45. The molecule has 2 aromatic carbocycles. The van der Waals surface area contributed by atoms with Crippen LogP contribution in [0.5, 0.6) is 0 Å². The van der Waals surface area contributed by atoms with E-state index < -0.39 is 54.8 Å². The first-order valence-corrected chi connectivity index (χ1v) is 18.7. The molecule has 0 spiro atoms. The predicted octanol–water partition coefficient (Wildman–Crippen LogP) is 5.66. The highest BCUT2D eigenvalue weighted by atomic mass is 32.3. The van der Waals surface area contributed by atoms with Gasteiger partial charge in [0.25, 0.3) is 0 Å². The number of sulfone groups is 2. The number of esters is 1. The largest absolute Gasteiger partial charge is 0.469 e. The lowest BCUT2D eigenvalue weighted by Crippen LogP contribution is -2.47. The lowest BCUT2D eigenvalue weighted by Gasteiger charge is -2.34. The molecule has 8 nitrogen and oxygen atoms in total. The van der Waals surface area contributed by atoms with Gasteiger partial charge in [-0.3, -0.25) is 4.79 Å². The first-order chi connectivity index (χ1) is 21.4. The van der Waals surface area contributed by atoms with Gasteiger partial charge in [0.2, 0.25) is 0 Å². The summed E-state index contributed by atoms with van der Waals surface area (Å²) < 4.78 is 60.8. The molecule has 0 aliphatic heterocycles. The number of carbonyl (C=O) groups is 1. The number of ether oxygens (including phenoxy) is 1. The molecular weight excluding hydrogens is 613 g/mol. The van der Waals surface area contributed by atoms with E-state index in [1.807, 2.05) is 12.2 Å². The number of aliphatic hydroxyl groups excluding tert-OH is 2. The molecule has 0 aromatic heterocycles. The highest BCUT2D eigenvalue weighted by Crippen LogP contribution is 2.52. The molecule has 2 N–H and O–H groups in total. The molecule has 246 valence electrons. The number of benzene rings is 2. The number of hydrogen-bond donors (Lipinski definition) is 2. The smallest absolute Gasteiger partial charge is 0.305 e.